The Balaban J connectivity index is 1.38. The first-order valence-electron chi connectivity index (χ1n) is 8.84. The van der Waals surface area contributed by atoms with E-state index < -0.39 is 0 Å². The summed E-state index contributed by atoms with van der Waals surface area (Å²) in [5, 5.41) is 4.80. The largest absolute Gasteiger partial charge is 0.469 e. The van der Waals surface area contributed by atoms with Crippen LogP contribution in [0.25, 0.3) is 10.9 Å². The number of furan rings is 1. The Kier molecular flexibility index (Phi) is 4.99. The van der Waals surface area contributed by atoms with Gasteiger partial charge in [-0.2, -0.15) is 0 Å². The third kappa shape index (κ3) is 4.07. The molecule has 0 aliphatic carbocycles. The maximum Gasteiger partial charge on any atom is 0.251 e. The summed E-state index contributed by atoms with van der Waals surface area (Å²) in [6.45, 7) is 0.556. The summed E-state index contributed by atoms with van der Waals surface area (Å²) in [7, 11) is 0. The molecule has 2 heterocycles. The monoisotopic (exact) mass is 378 g/mol. The Morgan fingerprint density at radius 1 is 1.11 bits per heavy atom. The van der Waals surface area contributed by atoms with Crippen LogP contribution >= 0.6 is 11.6 Å². The number of hydrogen-bond acceptors (Lipinski definition) is 2. The summed E-state index contributed by atoms with van der Waals surface area (Å²) in [6, 6.07) is 17.2. The minimum Gasteiger partial charge on any atom is -0.469 e. The van der Waals surface area contributed by atoms with Crippen LogP contribution < -0.4 is 5.32 Å². The summed E-state index contributed by atoms with van der Waals surface area (Å²) in [4.78, 5) is 15.7. The Morgan fingerprint density at radius 3 is 2.89 bits per heavy atom. The molecule has 0 spiro atoms. The lowest BCUT2D eigenvalue weighted by atomic mass is 10.1. The van der Waals surface area contributed by atoms with Crippen molar-refractivity contribution < 1.29 is 9.21 Å². The molecular formula is C22H19ClN2O2. The fourth-order valence-electron chi connectivity index (χ4n) is 3.21. The highest BCUT2D eigenvalue weighted by Crippen LogP contribution is 2.22. The van der Waals surface area contributed by atoms with Gasteiger partial charge in [-0.1, -0.05) is 23.7 Å². The minimum absolute atomic E-state index is 0.0748. The number of aromatic nitrogens is 1. The number of nitrogens with one attached hydrogen (secondary N) is 2. The van der Waals surface area contributed by atoms with E-state index in [-0.39, 0.29) is 5.91 Å². The second-order valence-electron chi connectivity index (χ2n) is 6.47. The third-order valence-electron chi connectivity index (χ3n) is 4.56. The van der Waals surface area contributed by atoms with Gasteiger partial charge in [0.15, 0.2) is 0 Å². The number of H-pyrrole nitrogens is 1. The number of amides is 1. The van der Waals surface area contributed by atoms with E-state index in [1.54, 1.807) is 6.26 Å². The van der Waals surface area contributed by atoms with Gasteiger partial charge < -0.3 is 14.7 Å². The van der Waals surface area contributed by atoms with E-state index in [2.05, 4.69) is 10.3 Å². The topological polar surface area (TPSA) is 58.0 Å². The SMILES string of the molecule is O=C(NCCc1c[nH]c2ccc(Cl)cc12)c1cccc(Cc2ccco2)c1. The summed E-state index contributed by atoms with van der Waals surface area (Å²) >= 11 is 6.09. The molecule has 4 rings (SSSR count). The van der Waals surface area contributed by atoms with Crippen LogP contribution in [0, 0.1) is 0 Å². The molecule has 0 bridgehead atoms. The molecule has 0 radical (unpaired) electrons. The van der Waals surface area contributed by atoms with Gasteiger partial charge in [-0.05, 0) is 60.0 Å². The van der Waals surface area contributed by atoms with Gasteiger partial charge in [0.1, 0.15) is 5.76 Å². The number of aromatic amines is 1. The molecule has 2 aromatic carbocycles. The van der Waals surface area contributed by atoms with Gasteiger partial charge in [-0.15, -0.1) is 0 Å². The van der Waals surface area contributed by atoms with Gasteiger partial charge in [0.05, 0.1) is 6.26 Å². The van der Waals surface area contributed by atoms with E-state index in [4.69, 9.17) is 16.0 Å². The van der Waals surface area contributed by atoms with Crippen molar-refractivity contribution in [2.75, 3.05) is 6.54 Å². The molecule has 0 fully saturated rings. The summed E-state index contributed by atoms with van der Waals surface area (Å²) < 4.78 is 5.37. The Labute approximate surface area is 162 Å². The Hall–Kier alpha value is -2.98. The van der Waals surface area contributed by atoms with Crippen molar-refractivity contribution in [3.8, 4) is 0 Å². The first kappa shape index (κ1) is 17.4. The van der Waals surface area contributed by atoms with Crippen molar-refractivity contribution >= 4 is 28.4 Å². The van der Waals surface area contributed by atoms with Gasteiger partial charge in [0.25, 0.3) is 5.91 Å². The average molecular weight is 379 g/mol. The lowest BCUT2D eigenvalue weighted by Gasteiger charge is -2.07. The first-order chi connectivity index (χ1) is 13.2. The van der Waals surface area contributed by atoms with Gasteiger partial charge in [0, 0.05) is 40.7 Å². The quantitative estimate of drug-likeness (QED) is 0.497. The summed E-state index contributed by atoms with van der Waals surface area (Å²) in [5.74, 6) is 0.805. The van der Waals surface area contributed by atoms with Crippen LogP contribution in [0.15, 0.2) is 71.5 Å². The zero-order chi connectivity index (χ0) is 18.6. The molecule has 2 N–H and O–H groups in total. The van der Waals surface area contributed by atoms with Crippen LogP contribution in [0.4, 0.5) is 0 Å². The number of benzene rings is 2. The van der Waals surface area contributed by atoms with Crippen LogP contribution in [0.3, 0.4) is 0 Å². The molecule has 136 valence electrons. The number of fused-ring (bicyclic) bond motifs is 1. The van der Waals surface area contributed by atoms with Crippen molar-refractivity contribution in [2.45, 2.75) is 12.8 Å². The summed E-state index contributed by atoms with van der Waals surface area (Å²) in [6.07, 6.45) is 5.03. The van der Waals surface area contributed by atoms with Crippen LogP contribution in [-0.4, -0.2) is 17.4 Å². The van der Waals surface area contributed by atoms with Gasteiger partial charge >= 0.3 is 0 Å². The van der Waals surface area contributed by atoms with Crippen LogP contribution in [0.5, 0.6) is 0 Å². The highest BCUT2D eigenvalue weighted by molar-refractivity contribution is 6.31. The highest BCUT2D eigenvalue weighted by Gasteiger charge is 2.09. The predicted octanol–water partition coefficient (Wildman–Crippen LogP) is 4.98. The van der Waals surface area contributed by atoms with E-state index in [1.807, 2.05) is 60.8 Å². The van der Waals surface area contributed by atoms with Gasteiger partial charge in [-0.25, -0.2) is 0 Å². The molecule has 4 aromatic rings. The number of rotatable bonds is 6. The van der Waals surface area contributed by atoms with E-state index in [0.29, 0.717) is 23.6 Å². The zero-order valence-electron chi connectivity index (χ0n) is 14.7. The zero-order valence-corrected chi connectivity index (χ0v) is 15.4. The van der Waals surface area contributed by atoms with Gasteiger partial charge in [-0.3, -0.25) is 4.79 Å². The molecule has 0 aliphatic heterocycles. The highest BCUT2D eigenvalue weighted by atomic mass is 35.5. The fraction of sp³-hybridized carbons (Fsp3) is 0.136. The number of carbonyl (C=O) groups is 1. The number of hydrogen-bond donors (Lipinski definition) is 2. The summed E-state index contributed by atoms with van der Waals surface area (Å²) in [5.41, 5.74) is 3.88. The molecule has 4 nitrogen and oxygen atoms in total. The maximum atomic E-state index is 12.5. The molecular weight excluding hydrogens is 360 g/mol. The Morgan fingerprint density at radius 2 is 2.04 bits per heavy atom. The van der Waals surface area contributed by atoms with E-state index in [9.17, 15) is 4.79 Å². The lowest BCUT2D eigenvalue weighted by Crippen LogP contribution is -2.25. The number of halogens is 1. The molecule has 27 heavy (non-hydrogen) atoms. The smallest absolute Gasteiger partial charge is 0.251 e. The molecule has 0 saturated carbocycles. The van der Waals surface area contributed by atoms with Crippen LogP contribution in [0.2, 0.25) is 5.02 Å². The number of carbonyl (C=O) groups excluding carboxylic acids is 1. The lowest BCUT2D eigenvalue weighted by molar-refractivity contribution is 0.0954. The van der Waals surface area contributed by atoms with Crippen molar-refractivity contribution in [1.29, 1.82) is 0 Å². The normalized spacial score (nSPS) is 11.0. The molecule has 2 aromatic heterocycles. The average Bonchev–Trinajstić information content (AvgIpc) is 3.32. The molecule has 0 atom stereocenters. The molecule has 0 unspecified atom stereocenters. The molecule has 1 amide bonds. The second-order valence-corrected chi connectivity index (χ2v) is 6.90. The standard InChI is InChI=1S/C22H19ClN2O2/c23-18-6-7-21-20(13-18)17(14-25-21)8-9-24-22(26)16-4-1-3-15(11-16)12-19-5-2-10-27-19/h1-7,10-11,13-14,25H,8-9,12H2,(H,24,26). The van der Waals surface area contributed by atoms with Crippen molar-refractivity contribution in [3.63, 3.8) is 0 Å². The van der Waals surface area contributed by atoms with E-state index >= 15 is 0 Å². The molecule has 5 heteroatoms. The minimum atomic E-state index is -0.0748. The third-order valence-corrected chi connectivity index (χ3v) is 4.79. The Bertz CT molecular complexity index is 1070. The molecule has 0 saturated heterocycles. The van der Waals surface area contributed by atoms with Crippen LogP contribution in [-0.2, 0) is 12.8 Å². The predicted molar refractivity (Wildman–Crippen MR) is 107 cm³/mol. The molecule has 0 aliphatic rings. The van der Waals surface area contributed by atoms with E-state index in [0.717, 1.165) is 34.2 Å². The van der Waals surface area contributed by atoms with Crippen molar-refractivity contribution in [3.05, 3.63) is 94.5 Å². The fourth-order valence-corrected chi connectivity index (χ4v) is 3.38. The maximum absolute atomic E-state index is 12.5. The first-order valence-corrected chi connectivity index (χ1v) is 9.22. The second kappa shape index (κ2) is 7.72. The van der Waals surface area contributed by atoms with E-state index in [1.165, 1.54) is 0 Å². The van der Waals surface area contributed by atoms with Crippen molar-refractivity contribution in [1.82, 2.24) is 10.3 Å². The van der Waals surface area contributed by atoms with Crippen LogP contribution in [0.1, 0.15) is 27.2 Å². The van der Waals surface area contributed by atoms with Crippen molar-refractivity contribution in [2.24, 2.45) is 0 Å². The van der Waals surface area contributed by atoms with Gasteiger partial charge in [0.2, 0.25) is 0 Å².